The van der Waals surface area contributed by atoms with Crippen molar-refractivity contribution in [2.75, 3.05) is 55.1 Å². The third-order valence-corrected chi connectivity index (χ3v) is 7.86. The van der Waals surface area contributed by atoms with Gasteiger partial charge in [0.2, 0.25) is 0 Å². The minimum Gasteiger partial charge on any atom is -0.378 e. The number of nitrogens with one attached hydrogen (secondary N) is 1. The number of ether oxygens (including phenoxy) is 1. The minimum atomic E-state index is -2.93. The van der Waals surface area contributed by atoms with Crippen molar-refractivity contribution in [1.82, 2.24) is 4.90 Å². The molecule has 0 unspecified atom stereocenters. The summed E-state index contributed by atoms with van der Waals surface area (Å²) < 4.78 is 29.0. The van der Waals surface area contributed by atoms with Crippen LogP contribution in [0.2, 0.25) is 0 Å². The van der Waals surface area contributed by atoms with E-state index in [2.05, 4.69) is 65.4 Å². The Morgan fingerprint density at radius 2 is 1.88 bits per heavy atom. The van der Waals surface area contributed by atoms with Crippen molar-refractivity contribution in [3.63, 3.8) is 0 Å². The van der Waals surface area contributed by atoms with Gasteiger partial charge in [-0.3, -0.25) is 0 Å². The second-order valence-electron chi connectivity index (χ2n) is 8.68. The lowest BCUT2D eigenvalue weighted by molar-refractivity contribution is 0.122. The van der Waals surface area contributed by atoms with Crippen LogP contribution in [0.4, 0.5) is 11.4 Å². The summed E-state index contributed by atoms with van der Waals surface area (Å²) in [4.78, 5) is 4.51. The number of hydrogen-bond acceptors (Lipinski definition) is 6. The molecule has 0 radical (unpaired) electrons. The summed E-state index contributed by atoms with van der Waals surface area (Å²) in [6, 6.07) is 6.54. The predicted molar refractivity (Wildman–Crippen MR) is 131 cm³/mol. The van der Waals surface area contributed by atoms with E-state index in [1.807, 2.05) is 13.1 Å². The highest BCUT2D eigenvalue weighted by Gasteiger charge is 2.21. The second kappa shape index (κ2) is 9.55. The molecular formula is C25H33N3O3S. The number of anilines is 2. The molecule has 0 saturated carbocycles. The van der Waals surface area contributed by atoms with Crippen LogP contribution in [-0.4, -0.2) is 58.2 Å². The highest BCUT2D eigenvalue weighted by atomic mass is 32.2. The molecule has 4 rings (SSSR count). The van der Waals surface area contributed by atoms with Crippen LogP contribution in [0.3, 0.4) is 0 Å². The number of allylic oxidation sites excluding steroid dienone is 5. The molecule has 0 aromatic heterocycles. The summed E-state index contributed by atoms with van der Waals surface area (Å²) in [6.07, 6.45) is 9.71. The Bertz CT molecular complexity index is 1090. The molecule has 2 aliphatic heterocycles. The van der Waals surface area contributed by atoms with Crippen LogP contribution < -0.4 is 10.2 Å². The first-order chi connectivity index (χ1) is 15.3. The van der Waals surface area contributed by atoms with Gasteiger partial charge in [-0.25, -0.2) is 8.42 Å². The molecular weight excluding hydrogens is 422 g/mol. The molecule has 2 heterocycles. The molecule has 0 bridgehead atoms. The zero-order chi connectivity index (χ0) is 22.7. The van der Waals surface area contributed by atoms with E-state index in [1.165, 1.54) is 16.8 Å². The summed E-state index contributed by atoms with van der Waals surface area (Å²) in [5.74, 6) is 0.354. The normalized spacial score (nSPS) is 21.0. The molecule has 32 heavy (non-hydrogen) atoms. The van der Waals surface area contributed by atoms with E-state index < -0.39 is 9.84 Å². The molecule has 1 aliphatic carbocycles. The molecule has 6 nitrogen and oxygen atoms in total. The quantitative estimate of drug-likeness (QED) is 0.724. The van der Waals surface area contributed by atoms with Crippen molar-refractivity contribution in [2.45, 2.75) is 26.7 Å². The van der Waals surface area contributed by atoms with Crippen molar-refractivity contribution >= 4 is 21.2 Å². The summed E-state index contributed by atoms with van der Waals surface area (Å²) in [6.45, 7) is 7.72. The van der Waals surface area contributed by atoms with Gasteiger partial charge in [0.25, 0.3) is 0 Å². The molecule has 1 N–H and O–H groups in total. The van der Waals surface area contributed by atoms with Gasteiger partial charge in [-0.2, -0.15) is 0 Å². The average Bonchev–Trinajstić information content (AvgIpc) is 2.95. The van der Waals surface area contributed by atoms with Crippen LogP contribution in [0.25, 0.3) is 0 Å². The summed E-state index contributed by atoms with van der Waals surface area (Å²) >= 11 is 0. The molecule has 1 fully saturated rings. The zero-order valence-corrected chi connectivity index (χ0v) is 20.0. The fraction of sp³-hybridized carbons (Fsp3) is 0.440. The van der Waals surface area contributed by atoms with E-state index in [4.69, 9.17) is 4.74 Å². The van der Waals surface area contributed by atoms with Crippen molar-refractivity contribution in [1.29, 1.82) is 0 Å². The van der Waals surface area contributed by atoms with E-state index in [0.717, 1.165) is 55.5 Å². The Hall–Kier alpha value is -2.51. The number of rotatable bonds is 5. The largest absolute Gasteiger partial charge is 0.378 e. The molecule has 0 spiro atoms. The Morgan fingerprint density at radius 1 is 1.09 bits per heavy atom. The number of nitrogens with zero attached hydrogens (tertiary/aromatic N) is 2. The van der Waals surface area contributed by atoms with E-state index in [9.17, 15) is 8.42 Å². The van der Waals surface area contributed by atoms with E-state index >= 15 is 0 Å². The van der Waals surface area contributed by atoms with E-state index in [1.54, 1.807) is 0 Å². The topological polar surface area (TPSA) is 61.9 Å². The number of hydrogen-bond donors (Lipinski definition) is 1. The third kappa shape index (κ3) is 5.27. The molecule has 1 aromatic carbocycles. The Kier molecular flexibility index (Phi) is 6.76. The van der Waals surface area contributed by atoms with Gasteiger partial charge in [0, 0.05) is 61.4 Å². The van der Waals surface area contributed by atoms with Crippen LogP contribution in [0.15, 0.2) is 65.2 Å². The van der Waals surface area contributed by atoms with Gasteiger partial charge in [0.05, 0.1) is 24.7 Å². The van der Waals surface area contributed by atoms with Crippen LogP contribution in [-0.2, 0) is 14.6 Å². The van der Waals surface area contributed by atoms with E-state index in [0.29, 0.717) is 6.42 Å². The van der Waals surface area contributed by atoms with Crippen molar-refractivity contribution in [3.8, 4) is 0 Å². The maximum absolute atomic E-state index is 11.8. The maximum Gasteiger partial charge on any atom is 0.154 e. The number of morpholine rings is 1. The average molecular weight is 456 g/mol. The standard InChI is InChI=1S/C25H33N3O3S/c1-19-4-5-21(6-8-24(19)27(3)23-10-16-32(29,30)17-11-23)26-22-7-9-25(20(2)18-22)28-12-14-31-15-13-28/h4,6-10,18,26H,5,11-17H2,1-3H3. The van der Waals surface area contributed by atoms with Crippen LogP contribution in [0.5, 0.6) is 0 Å². The molecule has 0 amide bonds. The highest BCUT2D eigenvalue weighted by molar-refractivity contribution is 7.91. The van der Waals surface area contributed by atoms with Crippen LogP contribution >= 0.6 is 0 Å². The summed E-state index contributed by atoms with van der Waals surface area (Å²) in [5, 5.41) is 3.58. The van der Waals surface area contributed by atoms with Gasteiger partial charge in [-0.1, -0.05) is 6.08 Å². The van der Waals surface area contributed by atoms with Gasteiger partial charge in [-0.05, 0) is 61.4 Å². The molecule has 0 atom stereocenters. The zero-order valence-electron chi connectivity index (χ0n) is 19.2. The van der Waals surface area contributed by atoms with E-state index in [-0.39, 0.29) is 11.5 Å². The van der Waals surface area contributed by atoms with Gasteiger partial charge in [-0.15, -0.1) is 0 Å². The Morgan fingerprint density at radius 3 is 2.56 bits per heavy atom. The maximum atomic E-state index is 11.8. The molecule has 1 aromatic rings. The first kappa shape index (κ1) is 22.7. The van der Waals surface area contributed by atoms with Crippen molar-refractivity contribution < 1.29 is 13.2 Å². The number of sulfone groups is 1. The fourth-order valence-electron chi connectivity index (χ4n) is 4.42. The van der Waals surface area contributed by atoms with Crippen molar-refractivity contribution in [3.05, 3.63) is 70.7 Å². The first-order valence-corrected chi connectivity index (χ1v) is 13.1. The first-order valence-electron chi connectivity index (χ1n) is 11.2. The molecule has 3 aliphatic rings. The SMILES string of the molecule is CC1=CCC(Nc2ccc(N3CCOCC3)c(C)c2)=CC=C1N(C)C1=CCS(=O)(=O)CC1. The Balaban J connectivity index is 1.48. The number of likely N-dealkylation sites (N-methyl/N-ethyl adjacent to an activating group) is 1. The predicted octanol–water partition coefficient (Wildman–Crippen LogP) is 4.00. The summed E-state index contributed by atoms with van der Waals surface area (Å²) in [7, 11) is -0.906. The van der Waals surface area contributed by atoms with Gasteiger partial charge in [0.1, 0.15) is 0 Å². The number of aryl methyl sites for hydroxylation is 1. The fourth-order valence-corrected chi connectivity index (χ4v) is 5.55. The minimum absolute atomic E-state index is 0.130. The smallest absolute Gasteiger partial charge is 0.154 e. The molecule has 172 valence electrons. The van der Waals surface area contributed by atoms with Gasteiger partial charge < -0.3 is 19.9 Å². The van der Waals surface area contributed by atoms with Gasteiger partial charge >= 0.3 is 0 Å². The monoisotopic (exact) mass is 455 g/mol. The highest BCUT2D eigenvalue weighted by Crippen LogP contribution is 2.29. The lowest BCUT2D eigenvalue weighted by atomic mass is 10.1. The number of benzene rings is 1. The lowest BCUT2D eigenvalue weighted by Crippen LogP contribution is -2.36. The lowest BCUT2D eigenvalue weighted by Gasteiger charge is -2.30. The van der Waals surface area contributed by atoms with Crippen molar-refractivity contribution in [2.24, 2.45) is 0 Å². The second-order valence-corrected chi connectivity index (χ2v) is 10.9. The van der Waals surface area contributed by atoms with Crippen LogP contribution in [0, 0.1) is 6.92 Å². The molecule has 1 saturated heterocycles. The molecule has 7 heteroatoms. The van der Waals surface area contributed by atoms with Gasteiger partial charge in [0.15, 0.2) is 9.84 Å². The Labute approximate surface area is 191 Å². The van der Waals surface area contributed by atoms with Crippen LogP contribution in [0.1, 0.15) is 25.3 Å². The third-order valence-electron chi connectivity index (χ3n) is 6.36. The summed E-state index contributed by atoms with van der Waals surface area (Å²) in [5.41, 5.74) is 8.11.